The molecule has 386 valence electrons. The zero-order valence-electron chi connectivity index (χ0n) is 39.4. The maximum atomic E-state index is 14.0. The number of carboxylic acid groups (broad SMARTS) is 1. The van der Waals surface area contributed by atoms with Crippen LogP contribution in [0.1, 0.15) is 55.8 Å². The smallest absolute Gasteiger partial charge is 0.489 e. The predicted octanol–water partition coefficient (Wildman–Crippen LogP) is 9.72. The van der Waals surface area contributed by atoms with E-state index in [9.17, 15) is 41.8 Å². The number of carbonyl (C=O) groups is 4. The van der Waals surface area contributed by atoms with Gasteiger partial charge >= 0.3 is 19.1 Å². The molecule has 22 heteroatoms. The molecule has 0 aliphatic carbocycles. The van der Waals surface area contributed by atoms with Gasteiger partial charge in [-0.05, 0) is 112 Å². The molecule has 0 bridgehead atoms. The van der Waals surface area contributed by atoms with E-state index in [4.69, 9.17) is 60.6 Å². The Morgan fingerprint density at radius 1 is 0.693 bits per heavy atom. The lowest BCUT2D eigenvalue weighted by Crippen LogP contribution is -2.43. The first-order chi connectivity index (χ1) is 35.9. The number of carboxylic acids is 1. The van der Waals surface area contributed by atoms with Gasteiger partial charge < -0.3 is 40.0 Å². The number of methoxy groups -OCH3 is 1. The molecule has 5 N–H and O–H groups in total. The van der Waals surface area contributed by atoms with Crippen molar-refractivity contribution in [2.45, 2.75) is 50.6 Å². The number of amides is 2. The van der Waals surface area contributed by atoms with Gasteiger partial charge in [0.1, 0.15) is 58.0 Å². The number of hydrogen-bond acceptors (Lipinski definition) is 9. The van der Waals surface area contributed by atoms with E-state index in [0.29, 0.717) is 70.6 Å². The molecule has 0 saturated heterocycles. The van der Waals surface area contributed by atoms with Crippen molar-refractivity contribution < 1.29 is 66.1 Å². The van der Waals surface area contributed by atoms with Gasteiger partial charge in [0.05, 0.1) is 37.9 Å². The van der Waals surface area contributed by atoms with E-state index in [-0.39, 0.29) is 23.3 Å². The Morgan fingerprint density at radius 2 is 1.16 bits per heavy atom. The third-order valence-electron chi connectivity index (χ3n) is 11.7. The van der Waals surface area contributed by atoms with E-state index < -0.39 is 77.4 Å². The maximum Gasteiger partial charge on any atom is 0.489 e. The standard InChI is InChI=1S/C26H19ClF2N2O4.C20H18BrF2NO4.C7H5BClNO2/c1-30-15-8-10-17(19(27)13-15)18-9-7-14(16-4-3-11-35-24(16)18)12-22(26(33)34)31-25(32)23-20(28)5-2-6-21(23)29;1-27-20(26)16(24-19(25)17-14(22)5-2-6-15(17)23)10-11-7-8-13(21)18-12(11)4-3-9-28-18;1-10-5-2-3-6(8(11)12)7(9)4-5/h2,5-10,13,22H,3-4,11-12H2,(H,31,32)(H,33,34);2,5-8,16H,3-4,9-10H2,1H3,(H,24,25);2-4,11-12H/t22-;16-;/m00./s1. The van der Waals surface area contributed by atoms with Crippen LogP contribution in [-0.2, 0) is 40.0 Å². The van der Waals surface area contributed by atoms with Gasteiger partial charge in [0.2, 0.25) is 0 Å². The van der Waals surface area contributed by atoms with Gasteiger partial charge in [-0.2, -0.15) is 0 Å². The lowest BCUT2D eigenvalue weighted by Gasteiger charge is -2.25. The van der Waals surface area contributed by atoms with E-state index in [1.807, 2.05) is 6.07 Å². The van der Waals surface area contributed by atoms with Crippen LogP contribution in [0.5, 0.6) is 11.5 Å². The number of benzene rings is 6. The Kier molecular flexibility index (Phi) is 19.8. The quantitative estimate of drug-likeness (QED) is 0.0342. The van der Waals surface area contributed by atoms with Crippen molar-refractivity contribution in [1.82, 2.24) is 10.6 Å². The largest absolute Gasteiger partial charge is 0.493 e. The predicted molar refractivity (Wildman–Crippen MR) is 275 cm³/mol. The molecule has 2 aliphatic heterocycles. The van der Waals surface area contributed by atoms with E-state index in [2.05, 4.69) is 36.3 Å². The number of fused-ring (bicyclic) bond motifs is 2. The van der Waals surface area contributed by atoms with E-state index in [1.54, 1.807) is 36.4 Å². The van der Waals surface area contributed by atoms with Gasteiger partial charge in [-0.3, -0.25) is 9.59 Å². The van der Waals surface area contributed by atoms with Crippen LogP contribution in [0.15, 0.2) is 102 Å². The highest BCUT2D eigenvalue weighted by Crippen LogP contribution is 2.42. The fraction of sp³-hybridized carbons (Fsp3) is 0.208. The number of carbonyl (C=O) groups excluding carboxylic acids is 3. The summed E-state index contributed by atoms with van der Waals surface area (Å²) in [5, 5.41) is 32.4. The summed E-state index contributed by atoms with van der Waals surface area (Å²) in [7, 11) is -0.400. The number of nitrogens with one attached hydrogen (secondary N) is 2. The Hall–Kier alpha value is -7.46. The summed E-state index contributed by atoms with van der Waals surface area (Å²) in [4.78, 5) is 55.6. The fourth-order valence-corrected chi connectivity index (χ4v) is 9.11. The lowest BCUT2D eigenvalue weighted by molar-refractivity contribution is -0.143. The van der Waals surface area contributed by atoms with Crippen LogP contribution in [-0.4, -0.2) is 78.4 Å². The van der Waals surface area contributed by atoms with E-state index in [1.165, 1.54) is 25.3 Å². The minimum atomic E-state index is -1.59. The molecule has 8 rings (SSSR count). The SMILES string of the molecule is COC(=O)[C@H](Cc1ccc(Br)c2c1CCCO2)NC(=O)c1c(F)cccc1F.[C-]#[N+]c1ccc(-c2ccc(C[C@H](NC(=O)c3c(F)cccc3F)C(=O)O)c3c2OCCC3)c(Cl)c1.[C-]#[N+]c1ccc(B(O)O)c(Cl)c1. The van der Waals surface area contributed by atoms with Gasteiger partial charge in [0.25, 0.3) is 11.8 Å². The maximum absolute atomic E-state index is 14.0. The molecule has 2 aliphatic rings. The normalized spacial score (nSPS) is 12.8. The molecular formula is C53H42BBrCl2F4N4O10. The summed E-state index contributed by atoms with van der Waals surface area (Å²) in [6, 6.07) is 19.9. The number of ether oxygens (including phenoxy) is 3. The average molecular weight is 1130 g/mol. The van der Waals surface area contributed by atoms with Crippen molar-refractivity contribution in [3.63, 3.8) is 0 Å². The van der Waals surface area contributed by atoms with Gasteiger partial charge in [0, 0.05) is 34.0 Å². The minimum absolute atomic E-state index is 0.105. The Balaban J connectivity index is 0.000000203. The van der Waals surface area contributed by atoms with E-state index in [0.717, 1.165) is 70.4 Å². The first kappa shape index (κ1) is 56.8. The van der Waals surface area contributed by atoms with Gasteiger partial charge in [-0.25, -0.2) is 36.8 Å². The summed E-state index contributed by atoms with van der Waals surface area (Å²) in [6.45, 7) is 14.9. The molecule has 0 saturated carbocycles. The second kappa shape index (κ2) is 26.2. The van der Waals surface area contributed by atoms with Gasteiger partial charge in [0.15, 0.2) is 11.4 Å². The van der Waals surface area contributed by atoms with Crippen molar-refractivity contribution in [3.05, 3.63) is 191 Å². The molecule has 14 nitrogen and oxygen atoms in total. The molecule has 2 amide bonds. The van der Waals surface area contributed by atoms with E-state index >= 15 is 0 Å². The molecule has 0 aromatic heterocycles. The van der Waals surface area contributed by atoms with Crippen molar-refractivity contribution >= 4 is 86.8 Å². The number of halogens is 7. The first-order valence-corrected chi connectivity index (χ1v) is 24.1. The third-order valence-corrected chi connectivity index (χ3v) is 13.0. The average Bonchev–Trinajstić information content (AvgIpc) is 3.39. The topological polar surface area (TPSA) is 189 Å². The van der Waals surface area contributed by atoms with Crippen molar-refractivity contribution in [2.75, 3.05) is 20.3 Å². The Morgan fingerprint density at radius 3 is 1.65 bits per heavy atom. The van der Waals surface area contributed by atoms with Crippen LogP contribution < -0.4 is 25.6 Å². The number of nitrogens with zero attached hydrogens (tertiary/aromatic N) is 2. The second-order valence-electron chi connectivity index (χ2n) is 16.5. The molecule has 6 aromatic rings. The Labute approximate surface area is 446 Å². The van der Waals surface area contributed by atoms with Crippen LogP contribution in [0.2, 0.25) is 10.0 Å². The molecule has 2 heterocycles. The van der Waals surface area contributed by atoms with Gasteiger partial charge in [-0.15, -0.1) is 0 Å². The third kappa shape index (κ3) is 14.0. The molecule has 6 aromatic carbocycles. The van der Waals surface area contributed by atoms with Crippen molar-refractivity contribution in [3.8, 4) is 22.6 Å². The lowest BCUT2D eigenvalue weighted by atomic mass is 9.80. The van der Waals surface area contributed by atoms with Crippen molar-refractivity contribution in [2.24, 2.45) is 0 Å². The molecule has 0 fully saturated rings. The first-order valence-electron chi connectivity index (χ1n) is 22.6. The number of esters is 1. The highest BCUT2D eigenvalue weighted by molar-refractivity contribution is 9.10. The van der Waals surface area contributed by atoms with Crippen LogP contribution in [0.4, 0.5) is 28.9 Å². The second-order valence-corrected chi connectivity index (χ2v) is 18.1. The highest BCUT2D eigenvalue weighted by atomic mass is 79.9. The molecule has 0 spiro atoms. The summed E-state index contributed by atoms with van der Waals surface area (Å²) in [5.74, 6) is -7.13. The fourth-order valence-electron chi connectivity index (χ4n) is 8.07. The molecular weight excluding hydrogens is 1090 g/mol. The number of aliphatic carboxylic acids is 1. The van der Waals surface area contributed by atoms with Crippen LogP contribution in [0.3, 0.4) is 0 Å². The van der Waals surface area contributed by atoms with Crippen LogP contribution >= 0.6 is 39.1 Å². The van der Waals surface area contributed by atoms with Crippen LogP contribution in [0.25, 0.3) is 20.8 Å². The molecule has 2 atom stereocenters. The number of hydrogen-bond donors (Lipinski definition) is 5. The summed E-state index contributed by atoms with van der Waals surface area (Å²) in [5.41, 5.74) is 3.91. The zero-order chi connectivity index (χ0) is 54.5. The molecule has 0 unspecified atom stereocenters. The zero-order valence-corrected chi connectivity index (χ0v) is 42.5. The minimum Gasteiger partial charge on any atom is -0.493 e. The highest BCUT2D eigenvalue weighted by Gasteiger charge is 2.30. The van der Waals surface area contributed by atoms with Crippen molar-refractivity contribution in [1.29, 1.82) is 0 Å². The molecule has 75 heavy (non-hydrogen) atoms. The van der Waals surface area contributed by atoms with Gasteiger partial charge in [-0.1, -0.05) is 77.8 Å². The van der Waals surface area contributed by atoms with Crippen LogP contribution in [0, 0.1) is 36.4 Å². The summed E-state index contributed by atoms with van der Waals surface area (Å²) in [6.07, 6.45) is 2.89. The summed E-state index contributed by atoms with van der Waals surface area (Å²) < 4.78 is 73.0. The number of rotatable bonds is 12. The monoisotopic (exact) mass is 1130 g/mol. The summed E-state index contributed by atoms with van der Waals surface area (Å²) >= 11 is 15.5. The molecule has 0 radical (unpaired) electrons. The Bertz CT molecular complexity index is 3210.